The number of esters is 1. The number of thiophene rings is 1. The summed E-state index contributed by atoms with van der Waals surface area (Å²) < 4.78 is 5.21. The number of amides is 3. The highest BCUT2D eigenvalue weighted by atomic mass is 32.1. The number of ether oxygens (including phenoxy) is 1. The first kappa shape index (κ1) is 22.0. The molecule has 2 heterocycles. The Kier molecular flexibility index (Phi) is 6.84. The lowest BCUT2D eigenvalue weighted by atomic mass is 9.97. The lowest BCUT2D eigenvalue weighted by molar-refractivity contribution is -0.152. The van der Waals surface area contributed by atoms with Crippen molar-refractivity contribution in [3.8, 4) is 0 Å². The summed E-state index contributed by atoms with van der Waals surface area (Å²) in [7, 11) is 0. The van der Waals surface area contributed by atoms with Crippen LogP contribution >= 0.6 is 11.3 Å². The average molecular weight is 456 g/mol. The van der Waals surface area contributed by atoms with Gasteiger partial charge in [0.1, 0.15) is 0 Å². The van der Waals surface area contributed by atoms with Crippen LogP contribution in [0, 0.1) is 5.92 Å². The van der Waals surface area contributed by atoms with E-state index in [1.807, 2.05) is 11.4 Å². The summed E-state index contributed by atoms with van der Waals surface area (Å²) >= 11 is 1.40. The number of nitrogens with zero attached hydrogens (tertiary/aromatic N) is 1. The van der Waals surface area contributed by atoms with Crippen LogP contribution in [0.4, 0.5) is 5.69 Å². The first-order chi connectivity index (χ1) is 15.5. The van der Waals surface area contributed by atoms with E-state index in [4.69, 9.17) is 4.74 Å². The Bertz CT molecular complexity index is 995. The summed E-state index contributed by atoms with van der Waals surface area (Å²) in [5.41, 5.74) is 0.758. The number of rotatable bonds is 7. The molecule has 0 unspecified atom stereocenters. The van der Waals surface area contributed by atoms with E-state index < -0.39 is 18.5 Å². The van der Waals surface area contributed by atoms with Crippen LogP contribution in [0.3, 0.4) is 0 Å². The van der Waals surface area contributed by atoms with Gasteiger partial charge in [0.25, 0.3) is 17.7 Å². The molecule has 4 rings (SSSR count). The lowest BCUT2D eigenvalue weighted by Gasteiger charge is -2.30. The number of hydrogen-bond acceptors (Lipinski definition) is 6. The Labute approximate surface area is 189 Å². The predicted molar refractivity (Wildman–Crippen MR) is 119 cm³/mol. The van der Waals surface area contributed by atoms with Gasteiger partial charge in [-0.2, -0.15) is 0 Å². The van der Waals surface area contributed by atoms with Gasteiger partial charge in [-0.15, -0.1) is 11.3 Å². The van der Waals surface area contributed by atoms with Gasteiger partial charge in [-0.1, -0.05) is 18.2 Å². The van der Waals surface area contributed by atoms with E-state index in [9.17, 15) is 19.2 Å². The minimum Gasteiger partial charge on any atom is -0.455 e. The van der Waals surface area contributed by atoms with Gasteiger partial charge >= 0.3 is 5.97 Å². The van der Waals surface area contributed by atoms with Gasteiger partial charge in [0.2, 0.25) is 0 Å². The fourth-order valence-corrected chi connectivity index (χ4v) is 4.29. The normalized spacial score (nSPS) is 16.3. The molecular weight excluding hydrogens is 430 g/mol. The molecule has 2 fully saturated rings. The fourth-order valence-electron chi connectivity index (χ4n) is 3.60. The second-order valence-electron chi connectivity index (χ2n) is 7.99. The van der Waals surface area contributed by atoms with Crippen LogP contribution < -0.4 is 10.6 Å². The van der Waals surface area contributed by atoms with Crippen molar-refractivity contribution in [1.82, 2.24) is 10.2 Å². The molecule has 1 aliphatic carbocycles. The van der Waals surface area contributed by atoms with E-state index in [-0.39, 0.29) is 23.8 Å². The van der Waals surface area contributed by atoms with E-state index in [1.165, 1.54) is 11.3 Å². The first-order valence-corrected chi connectivity index (χ1v) is 11.6. The molecule has 9 heteroatoms. The Hall–Kier alpha value is -3.20. The molecule has 0 atom stereocenters. The molecule has 3 amide bonds. The molecule has 0 bridgehead atoms. The molecule has 2 aliphatic rings. The van der Waals surface area contributed by atoms with E-state index in [2.05, 4.69) is 10.6 Å². The van der Waals surface area contributed by atoms with Gasteiger partial charge in [0, 0.05) is 19.1 Å². The van der Waals surface area contributed by atoms with Crippen LogP contribution in [0.2, 0.25) is 0 Å². The summed E-state index contributed by atoms with van der Waals surface area (Å²) in [6.07, 6.45) is 2.94. The van der Waals surface area contributed by atoms with Crippen molar-refractivity contribution in [2.45, 2.75) is 31.7 Å². The number of piperidine rings is 1. The largest absolute Gasteiger partial charge is 0.455 e. The quantitative estimate of drug-likeness (QED) is 0.625. The topological polar surface area (TPSA) is 105 Å². The van der Waals surface area contributed by atoms with E-state index in [0.717, 1.165) is 12.8 Å². The van der Waals surface area contributed by atoms with Crippen LogP contribution in [0.25, 0.3) is 0 Å². The summed E-state index contributed by atoms with van der Waals surface area (Å²) in [6.45, 7) is 0.532. The van der Waals surface area contributed by atoms with Crippen molar-refractivity contribution in [3.63, 3.8) is 0 Å². The van der Waals surface area contributed by atoms with Crippen molar-refractivity contribution < 1.29 is 23.9 Å². The molecule has 1 aromatic heterocycles. The monoisotopic (exact) mass is 455 g/mol. The summed E-state index contributed by atoms with van der Waals surface area (Å²) in [5.74, 6) is -1.54. The smallest absolute Gasteiger partial charge is 0.309 e. The second-order valence-corrected chi connectivity index (χ2v) is 8.94. The van der Waals surface area contributed by atoms with E-state index in [1.54, 1.807) is 35.2 Å². The van der Waals surface area contributed by atoms with Crippen molar-refractivity contribution >= 4 is 40.7 Å². The van der Waals surface area contributed by atoms with E-state index >= 15 is 0 Å². The maximum Gasteiger partial charge on any atom is 0.309 e. The van der Waals surface area contributed by atoms with Crippen LogP contribution in [-0.4, -0.2) is 54.3 Å². The van der Waals surface area contributed by atoms with Gasteiger partial charge in [-0.05, 0) is 49.3 Å². The SMILES string of the molecule is O=C(COC(=O)C1CCN(C(=O)c2cccs2)CC1)Nc1ccccc1C(=O)NC1CC1. The molecule has 168 valence electrons. The molecule has 1 aromatic carbocycles. The van der Waals surface area contributed by atoms with Gasteiger partial charge in [-0.3, -0.25) is 19.2 Å². The molecule has 2 aromatic rings. The maximum atomic E-state index is 12.4. The third-order valence-corrected chi connectivity index (χ3v) is 6.41. The fraction of sp³-hybridized carbons (Fsp3) is 0.391. The number of para-hydroxylation sites is 1. The molecule has 0 radical (unpaired) electrons. The highest BCUT2D eigenvalue weighted by Crippen LogP contribution is 2.23. The highest BCUT2D eigenvalue weighted by molar-refractivity contribution is 7.12. The van der Waals surface area contributed by atoms with Crippen molar-refractivity contribution in [2.75, 3.05) is 25.0 Å². The predicted octanol–water partition coefficient (Wildman–Crippen LogP) is 2.67. The molecule has 1 aliphatic heterocycles. The molecular formula is C23H25N3O5S. The summed E-state index contributed by atoms with van der Waals surface area (Å²) in [6, 6.07) is 10.6. The van der Waals surface area contributed by atoms with Crippen molar-refractivity contribution in [1.29, 1.82) is 0 Å². The Morgan fingerprint density at radius 1 is 1.00 bits per heavy atom. The van der Waals surface area contributed by atoms with Crippen molar-refractivity contribution in [3.05, 3.63) is 52.2 Å². The molecule has 1 saturated carbocycles. The standard InChI is InChI=1S/C23H25N3O5S/c27-20(25-18-5-2-1-4-17(18)21(28)24-16-7-8-16)14-31-23(30)15-9-11-26(12-10-15)22(29)19-6-3-13-32-19/h1-6,13,15-16H,7-12,14H2,(H,24,28)(H,25,27). The van der Waals surface area contributed by atoms with Crippen LogP contribution in [0.1, 0.15) is 45.7 Å². The molecule has 0 spiro atoms. The zero-order valence-corrected chi connectivity index (χ0v) is 18.4. The number of nitrogens with one attached hydrogen (secondary N) is 2. The molecule has 2 N–H and O–H groups in total. The van der Waals surface area contributed by atoms with Crippen molar-refractivity contribution in [2.24, 2.45) is 5.92 Å². The molecule has 8 nitrogen and oxygen atoms in total. The molecule has 1 saturated heterocycles. The van der Waals surface area contributed by atoms with Gasteiger partial charge in [-0.25, -0.2) is 0 Å². The van der Waals surface area contributed by atoms with Crippen LogP contribution in [0.15, 0.2) is 41.8 Å². The maximum absolute atomic E-state index is 12.4. The average Bonchev–Trinajstić information content (AvgIpc) is 3.45. The third-order valence-electron chi connectivity index (χ3n) is 5.55. The Morgan fingerprint density at radius 2 is 1.75 bits per heavy atom. The highest BCUT2D eigenvalue weighted by Gasteiger charge is 2.29. The lowest BCUT2D eigenvalue weighted by Crippen LogP contribution is -2.40. The zero-order valence-electron chi connectivity index (χ0n) is 17.5. The number of benzene rings is 1. The number of carbonyl (C=O) groups excluding carboxylic acids is 4. The number of anilines is 1. The van der Waals surface area contributed by atoms with Gasteiger partial charge in [0.05, 0.1) is 22.0 Å². The Morgan fingerprint density at radius 3 is 2.44 bits per heavy atom. The first-order valence-electron chi connectivity index (χ1n) is 10.7. The third kappa shape index (κ3) is 5.53. The summed E-state index contributed by atoms with van der Waals surface area (Å²) in [5, 5.41) is 7.41. The Balaban J connectivity index is 1.23. The number of carbonyl (C=O) groups is 4. The minimum atomic E-state index is -0.504. The van der Waals surface area contributed by atoms with Crippen LogP contribution in [-0.2, 0) is 14.3 Å². The molecule has 32 heavy (non-hydrogen) atoms. The number of hydrogen-bond donors (Lipinski definition) is 2. The van der Waals surface area contributed by atoms with Crippen LogP contribution in [0.5, 0.6) is 0 Å². The minimum absolute atomic E-state index is 0.0180. The zero-order chi connectivity index (χ0) is 22.5. The van der Waals surface area contributed by atoms with Gasteiger partial charge < -0.3 is 20.3 Å². The van der Waals surface area contributed by atoms with E-state index in [0.29, 0.717) is 42.1 Å². The second kappa shape index (κ2) is 9.95. The summed E-state index contributed by atoms with van der Waals surface area (Å²) in [4.78, 5) is 51.9. The number of likely N-dealkylation sites (tertiary alicyclic amines) is 1. The van der Waals surface area contributed by atoms with Gasteiger partial charge in [0.15, 0.2) is 6.61 Å².